The molecule has 2 aromatic carbocycles. The maximum absolute atomic E-state index is 13.7. The number of benzene rings is 2. The highest BCUT2D eigenvalue weighted by molar-refractivity contribution is 7.90. The summed E-state index contributed by atoms with van der Waals surface area (Å²) in [6, 6.07) is 15.3. The highest BCUT2D eigenvalue weighted by Crippen LogP contribution is 2.47. The van der Waals surface area contributed by atoms with E-state index >= 15 is 0 Å². The smallest absolute Gasteiger partial charge is 0.243 e. The number of nitrogens with zero attached hydrogens (tertiary/aromatic N) is 1. The molecule has 0 aliphatic carbocycles. The first-order chi connectivity index (χ1) is 13.6. The predicted octanol–water partition coefficient (Wildman–Crippen LogP) is 3.15. The Morgan fingerprint density at radius 1 is 1.03 bits per heavy atom. The standard InChI is InChI=1S/C22H25N3O3S/c1-21(2,3)29(27,28)24-14-22(17-13-23-18-11-7-5-9-15(17)18)16-10-6-8-12-19(16)25(4)20(22)26/h5-13,23-24H,14H2,1-4H3/t22-/m1/s1. The minimum atomic E-state index is -3.64. The van der Waals surface area contributed by atoms with Crippen molar-refractivity contribution in [3.05, 3.63) is 65.9 Å². The number of likely N-dealkylation sites (N-methyl/N-ethyl adjacent to an activating group) is 1. The van der Waals surface area contributed by atoms with Gasteiger partial charge in [0.2, 0.25) is 15.9 Å². The molecule has 0 fully saturated rings. The van der Waals surface area contributed by atoms with E-state index in [1.165, 1.54) is 0 Å². The van der Waals surface area contributed by atoms with Gasteiger partial charge in [-0.15, -0.1) is 0 Å². The summed E-state index contributed by atoms with van der Waals surface area (Å²) in [5.74, 6) is -0.153. The Morgan fingerprint density at radius 3 is 2.41 bits per heavy atom. The zero-order valence-corrected chi connectivity index (χ0v) is 17.8. The SMILES string of the molecule is CN1C(=O)[C@@](CNS(=O)(=O)C(C)(C)C)(c2c[nH]c3ccccc23)c2ccccc21. The van der Waals surface area contributed by atoms with E-state index in [2.05, 4.69) is 9.71 Å². The molecule has 0 saturated carbocycles. The van der Waals surface area contributed by atoms with Crippen molar-refractivity contribution >= 4 is 32.5 Å². The average Bonchev–Trinajstić information content (AvgIpc) is 3.19. The zero-order valence-electron chi connectivity index (χ0n) is 17.0. The van der Waals surface area contributed by atoms with Crippen LogP contribution in [-0.4, -0.2) is 37.6 Å². The van der Waals surface area contributed by atoms with Crippen molar-refractivity contribution in [2.45, 2.75) is 30.9 Å². The van der Waals surface area contributed by atoms with Gasteiger partial charge in [-0.05, 0) is 44.0 Å². The van der Waals surface area contributed by atoms with Crippen LogP contribution >= 0.6 is 0 Å². The van der Waals surface area contributed by atoms with E-state index in [1.807, 2.05) is 54.7 Å². The fourth-order valence-electron chi connectivity index (χ4n) is 4.01. The maximum atomic E-state index is 13.7. The molecule has 0 unspecified atom stereocenters. The van der Waals surface area contributed by atoms with Crippen LogP contribution in [0.3, 0.4) is 0 Å². The van der Waals surface area contributed by atoms with Crippen molar-refractivity contribution in [3.63, 3.8) is 0 Å². The lowest BCUT2D eigenvalue weighted by Gasteiger charge is -2.30. The topological polar surface area (TPSA) is 82.3 Å². The lowest BCUT2D eigenvalue weighted by molar-refractivity contribution is -0.121. The third-order valence-corrected chi connectivity index (χ3v) is 7.91. The first-order valence-corrected chi connectivity index (χ1v) is 11.0. The van der Waals surface area contributed by atoms with Crippen molar-refractivity contribution < 1.29 is 13.2 Å². The summed E-state index contributed by atoms with van der Waals surface area (Å²) in [5.41, 5.74) is 2.11. The van der Waals surface area contributed by atoms with Gasteiger partial charge in [0, 0.05) is 36.4 Å². The second-order valence-electron chi connectivity index (χ2n) is 8.47. The Balaban J connectivity index is 1.96. The lowest BCUT2D eigenvalue weighted by atomic mass is 9.75. The number of aromatic nitrogens is 1. The Hall–Kier alpha value is -2.64. The van der Waals surface area contributed by atoms with Gasteiger partial charge >= 0.3 is 0 Å². The third kappa shape index (κ3) is 2.80. The molecule has 1 amide bonds. The Morgan fingerprint density at radius 2 is 1.69 bits per heavy atom. The molecule has 2 heterocycles. The summed E-state index contributed by atoms with van der Waals surface area (Å²) >= 11 is 0. The molecule has 4 rings (SSSR count). The van der Waals surface area contributed by atoms with Crippen LogP contribution in [0.2, 0.25) is 0 Å². The van der Waals surface area contributed by atoms with Gasteiger partial charge in [-0.3, -0.25) is 4.79 Å². The molecule has 7 heteroatoms. The summed E-state index contributed by atoms with van der Waals surface area (Å²) in [6.45, 7) is 4.88. The van der Waals surface area contributed by atoms with Crippen molar-refractivity contribution in [1.29, 1.82) is 0 Å². The van der Waals surface area contributed by atoms with Crippen molar-refractivity contribution in [2.75, 3.05) is 18.5 Å². The van der Waals surface area contributed by atoms with Crippen LogP contribution in [0.1, 0.15) is 31.9 Å². The van der Waals surface area contributed by atoms with E-state index in [0.717, 1.165) is 27.7 Å². The maximum Gasteiger partial charge on any atom is 0.243 e. The number of carbonyl (C=O) groups excluding carboxylic acids is 1. The lowest BCUT2D eigenvalue weighted by Crippen LogP contribution is -2.51. The molecule has 6 nitrogen and oxygen atoms in total. The molecule has 152 valence electrons. The predicted molar refractivity (Wildman–Crippen MR) is 116 cm³/mol. The number of hydrogen-bond acceptors (Lipinski definition) is 3. The zero-order chi connectivity index (χ0) is 21.0. The Kier molecular flexibility index (Phi) is 4.36. The first kappa shape index (κ1) is 19.7. The molecule has 1 aliphatic heterocycles. The van der Waals surface area contributed by atoms with Gasteiger partial charge in [0.15, 0.2) is 0 Å². The van der Waals surface area contributed by atoms with E-state index in [9.17, 15) is 13.2 Å². The van der Waals surface area contributed by atoms with Gasteiger partial charge in [0.25, 0.3) is 0 Å². The molecule has 1 aromatic heterocycles. The van der Waals surface area contributed by atoms with E-state index in [4.69, 9.17) is 0 Å². The van der Waals surface area contributed by atoms with E-state index < -0.39 is 20.2 Å². The normalized spacial score (nSPS) is 19.7. The summed E-state index contributed by atoms with van der Waals surface area (Å²) in [5, 5.41) is 0.904. The molecule has 0 radical (unpaired) electrons. The molecule has 29 heavy (non-hydrogen) atoms. The molecule has 0 saturated heterocycles. The Labute approximate surface area is 171 Å². The van der Waals surface area contributed by atoms with E-state index in [-0.39, 0.29) is 12.5 Å². The number of hydrogen-bond donors (Lipinski definition) is 2. The van der Waals surface area contributed by atoms with Crippen LogP contribution in [-0.2, 0) is 20.2 Å². The molecule has 0 spiro atoms. The first-order valence-electron chi connectivity index (χ1n) is 9.53. The van der Waals surface area contributed by atoms with Gasteiger partial charge < -0.3 is 9.88 Å². The molecular weight excluding hydrogens is 386 g/mol. The largest absolute Gasteiger partial charge is 0.361 e. The third-order valence-electron chi connectivity index (χ3n) is 5.78. The number of para-hydroxylation sites is 2. The second-order valence-corrected chi connectivity index (χ2v) is 11.0. The molecule has 0 bridgehead atoms. The molecule has 3 aromatic rings. The summed E-state index contributed by atoms with van der Waals surface area (Å²) in [6.07, 6.45) is 1.82. The van der Waals surface area contributed by atoms with Crippen LogP contribution in [0.15, 0.2) is 54.7 Å². The van der Waals surface area contributed by atoms with Crippen molar-refractivity contribution in [3.8, 4) is 0 Å². The van der Waals surface area contributed by atoms with Crippen LogP contribution in [0.5, 0.6) is 0 Å². The Bertz CT molecular complexity index is 1210. The fraction of sp³-hybridized carbons (Fsp3) is 0.318. The van der Waals surface area contributed by atoms with Crippen LogP contribution < -0.4 is 9.62 Å². The van der Waals surface area contributed by atoms with Crippen molar-refractivity contribution in [2.24, 2.45) is 0 Å². The van der Waals surface area contributed by atoms with Gasteiger partial charge in [0.05, 0.1) is 4.75 Å². The highest BCUT2D eigenvalue weighted by atomic mass is 32.2. The monoisotopic (exact) mass is 411 g/mol. The van der Waals surface area contributed by atoms with Gasteiger partial charge in [-0.1, -0.05) is 36.4 Å². The number of amides is 1. The minimum Gasteiger partial charge on any atom is -0.361 e. The number of fused-ring (bicyclic) bond motifs is 2. The van der Waals surface area contributed by atoms with Gasteiger partial charge in [-0.25, -0.2) is 13.1 Å². The molecule has 1 atom stereocenters. The minimum absolute atomic E-state index is 0.0470. The molecular formula is C22H25N3O3S. The summed E-state index contributed by atoms with van der Waals surface area (Å²) < 4.78 is 27.4. The van der Waals surface area contributed by atoms with Gasteiger partial charge in [-0.2, -0.15) is 0 Å². The summed E-state index contributed by atoms with van der Waals surface area (Å²) in [4.78, 5) is 18.5. The highest BCUT2D eigenvalue weighted by Gasteiger charge is 2.52. The summed E-state index contributed by atoms with van der Waals surface area (Å²) in [7, 11) is -1.91. The number of nitrogens with one attached hydrogen (secondary N) is 2. The number of rotatable bonds is 4. The van der Waals surface area contributed by atoms with E-state index in [1.54, 1.807) is 32.7 Å². The van der Waals surface area contributed by atoms with Crippen LogP contribution in [0.25, 0.3) is 10.9 Å². The molecule has 2 N–H and O–H groups in total. The number of carbonyl (C=O) groups is 1. The fourth-order valence-corrected chi connectivity index (χ4v) is 4.85. The molecule has 1 aliphatic rings. The number of sulfonamides is 1. The number of anilines is 1. The number of aromatic amines is 1. The average molecular weight is 412 g/mol. The van der Waals surface area contributed by atoms with Crippen LogP contribution in [0, 0.1) is 0 Å². The van der Waals surface area contributed by atoms with Gasteiger partial charge in [0.1, 0.15) is 5.41 Å². The quantitative estimate of drug-likeness (QED) is 0.692. The van der Waals surface area contributed by atoms with Crippen molar-refractivity contribution in [1.82, 2.24) is 9.71 Å². The second kappa shape index (κ2) is 6.43. The number of H-pyrrole nitrogens is 1. The van der Waals surface area contributed by atoms with Crippen LogP contribution in [0.4, 0.5) is 5.69 Å². The van der Waals surface area contributed by atoms with E-state index in [0.29, 0.717) is 0 Å².